The van der Waals surface area contributed by atoms with E-state index in [2.05, 4.69) is 4.98 Å². The molecule has 0 aliphatic rings. The minimum absolute atomic E-state index is 0.101. The highest BCUT2D eigenvalue weighted by atomic mass is 32.1. The van der Waals surface area contributed by atoms with Gasteiger partial charge >= 0.3 is 0 Å². The van der Waals surface area contributed by atoms with E-state index >= 15 is 0 Å². The van der Waals surface area contributed by atoms with Gasteiger partial charge in [0.05, 0.1) is 24.1 Å². The lowest BCUT2D eigenvalue weighted by atomic mass is 10.2. The molecule has 2 rings (SSSR count). The zero-order chi connectivity index (χ0) is 10.8. The Morgan fingerprint density at radius 2 is 2.13 bits per heavy atom. The number of nitrogens with one attached hydrogen (secondary N) is 1. The number of hydrogen-bond donors (Lipinski definition) is 2. The summed E-state index contributed by atoms with van der Waals surface area (Å²) >= 11 is 5.03. The largest absolute Gasteiger partial charge is 0.395 e. The van der Waals surface area contributed by atoms with Gasteiger partial charge in [-0.3, -0.25) is 9.36 Å². The molecule has 1 aromatic heterocycles. The first-order chi connectivity index (χ1) is 7.24. The lowest BCUT2D eigenvalue weighted by Gasteiger charge is -2.05. The molecule has 5 heteroatoms. The predicted molar refractivity (Wildman–Crippen MR) is 60.5 cm³/mol. The van der Waals surface area contributed by atoms with Crippen molar-refractivity contribution in [2.75, 3.05) is 6.61 Å². The topological polar surface area (TPSA) is 58.0 Å². The van der Waals surface area contributed by atoms with E-state index in [4.69, 9.17) is 17.3 Å². The van der Waals surface area contributed by atoms with Crippen LogP contribution in [0.4, 0.5) is 0 Å². The molecule has 0 unspecified atom stereocenters. The highest BCUT2D eigenvalue weighted by Crippen LogP contribution is 2.05. The summed E-state index contributed by atoms with van der Waals surface area (Å²) in [4.78, 5) is 14.9. The monoisotopic (exact) mass is 222 g/mol. The minimum Gasteiger partial charge on any atom is -0.395 e. The van der Waals surface area contributed by atoms with Crippen LogP contribution in [-0.2, 0) is 6.54 Å². The number of rotatable bonds is 2. The van der Waals surface area contributed by atoms with Gasteiger partial charge in [-0.25, -0.2) is 0 Å². The molecular weight excluding hydrogens is 212 g/mol. The minimum atomic E-state index is -0.164. The standard InChI is InChI=1S/C10H10N2O2S/c13-6-5-12-9(14)7-3-1-2-4-8(7)11-10(12)15/h1-4,13H,5-6H2,(H,11,15). The number of aliphatic hydroxyl groups excluding tert-OH is 1. The Morgan fingerprint density at radius 1 is 1.40 bits per heavy atom. The molecular formula is C10H10N2O2S. The van der Waals surface area contributed by atoms with E-state index in [1.165, 1.54) is 4.57 Å². The van der Waals surface area contributed by atoms with Crippen LogP contribution in [0.25, 0.3) is 10.9 Å². The van der Waals surface area contributed by atoms with E-state index in [0.717, 1.165) is 5.52 Å². The van der Waals surface area contributed by atoms with E-state index in [0.29, 0.717) is 10.2 Å². The van der Waals surface area contributed by atoms with Gasteiger partial charge in [0.25, 0.3) is 5.56 Å². The van der Waals surface area contributed by atoms with Gasteiger partial charge in [-0.1, -0.05) is 12.1 Å². The normalized spacial score (nSPS) is 10.7. The van der Waals surface area contributed by atoms with Crippen molar-refractivity contribution < 1.29 is 5.11 Å². The molecule has 1 heterocycles. The molecule has 2 N–H and O–H groups in total. The van der Waals surface area contributed by atoms with Crippen LogP contribution in [0.3, 0.4) is 0 Å². The van der Waals surface area contributed by atoms with Gasteiger partial charge in [0.15, 0.2) is 4.77 Å². The van der Waals surface area contributed by atoms with Crippen LogP contribution in [0.2, 0.25) is 0 Å². The Hall–Kier alpha value is -1.46. The summed E-state index contributed by atoms with van der Waals surface area (Å²) in [5, 5.41) is 9.40. The number of H-pyrrole nitrogens is 1. The van der Waals surface area contributed by atoms with Gasteiger partial charge in [0.1, 0.15) is 0 Å². The number of fused-ring (bicyclic) bond motifs is 1. The number of aromatic nitrogens is 2. The van der Waals surface area contributed by atoms with Crippen molar-refractivity contribution >= 4 is 23.1 Å². The number of aliphatic hydroxyl groups is 1. The summed E-state index contributed by atoms with van der Waals surface area (Å²) in [6, 6.07) is 7.17. The van der Waals surface area contributed by atoms with E-state index in [-0.39, 0.29) is 18.7 Å². The van der Waals surface area contributed by atoms with Crippen LogP contribution >= 0.6 is 12.2 Å². The van der Waals surface area contributed by atoms with E-state index in [1.54, 1.807) is 18.2 Å². The fourth-order valence-electron chi connectivity index (χ4n) is 1.50. The van der Waals surface area contributed by atoms with Crippen molar-refractivity contribution in [3.05, 3.63) is 39.4 Å². The van der Waals surface area contributed by atoms with Crippen molar-refractivity contribution in [2.45, 2.75) is 6.54 Å². The Labute approximate surface area is 90.8 Å². The summed E-state index contributed by atoms with van der Waals surface area (Å²) in [7, 11) is 0. The Bertz CT molecular complexity index is 600. The maximum Gasteiger partial charge on any atom is 0.262 e. The second-order valence-electron chi connectivity index (χ2n) is 3.16. The molecule has 0 atom stereocenters. The summed E-state index contributed by atoms with van der Waals surface area (Å²) in [6.07, 6.45) is 0. The molecule has 15 heavy (non-hydrogen) atoms. The SMILES string of the molecule is O=c1c2ccccc2[nH]c(=S)n1CCO. The molecule has 0 amide bonds. The summed E-state index contributed by atoms with van der Waals surface area (Å²) < 4.78 is 1.70. The van der Waals surface area contributed by atoms with Crippen molar-refractivity contribution in [1.29, 1.82) is 0 Å². The van der Waals surface area contributed by atoms with Gasteiger partial charge in [-0.15, -0.1) is 0 Å². The summed E-state index contributed by atoms with van der Waals surface area (Å²) in [5.41, 5.74) is 0.560. The molecule has 4 nitrogen and oxygen atoms in total. The van der Waals surface area contributed by atoms with E-state index in [9.17, 15) is 4.79 Å². The lowest BCUT2D eigenvalue weighted by molar-refractivity contribution is 0.273. The second kappa shape index (κ2) is 3.96. The average molecular weight is 222 g/mol. The van der Waals surface area contributed by atoms with Gasteiger partial charge in [0.2, 0.25) is 0 Å². The number of aromatic amines is 1. The first kappa shape index (κ1) is 10.1. The van der Waals surface area contributed by atoms with Crippen LogP contribution in [0.1, 0.15) is 0 Å². The predicted octanol–water partition coefficient (Wildman–Crippen LogP) is 1.05. The molecule has 0 fully saturated rings. The van der Waals surface area contributed by atoms with Gasteiger partial charge < -0.3 is 10.1 Å². The molecule has 0 saturated carbocycles. The van der Waals surface area contributed by atoms with Gasteiger partial charge in [0, 0.05) is 0 Å². The molecule has 2 aromatic rings. The van der Waals surface area contributed by atoms with Gasteiger partial charge in [-0.2, -0.15) is 0 Å². The number of hydrogen-bond acceptors (Lipinski definition) is 3. The second-order valence-corrected chi connectivity index (χ2v) is 3.54. The molecule has 78 valence electrons. The van der Waals surface area contributed by atoms with Crippen LogP contribution in [0.15, 0.2) is 29.1 Å². The average Bonchev–Trinajstić information content (AvgIpc) is 2.24. The highest BCUT2D eigenvalue weighted by molar-refractivity contribution is 7.71. The number of para-hydroxylation sites is 1. The maximum absolute atomic E-state index is 11.9. The lowest BCUT2D eigenvalue weighted by Crippen LogP contribution is -2.23. The maximum atomic E-state index is 11.9. The fourth-order valence-corrected chi connectivity index (χ4v) is 1.79. The summed E-state index contributed by atoms with van der Waals surface area (Å²) in [5.74, 6) is 0. The van der Waals surface area contributed by atoms with Crippen molar-refractivity contribution in [1.82, 2.24) is 9.55 Å². The van der Waals surface area contributed by atoms with Crippen LogP contribution in [-0.4, -0.2) is 21.3 Å². The van der Waals surface area contributed by atoms with Crippen LogP contribution in [0, 0.1) is 4.77 Å². The Kier molecular flexibility index (Phi) is 2.66. The number of nitrogens with zero attached hydrogens (tertiary/aromatic N) is 1. The van der Waals surface area contributed by atoms with Crippen LogP contribution in [0.5, 0.6) is 0 Å². The zero-order valence-electron chi connectivity index (χ0n) is 7.93. The fraction of sp³-hybridized carbons (Fsp3) is 0.200. The summed E-state index contributed by atoms with van der Waals surface area (Å²) in [6.45, 7) is 0.120. The van der Waals surface area contributed by atoms with Crippen molar-refractivity contribution in [2.24, 2.45) is 0 Å². The van der Waals surface area contributed by atoms with E-state index < -0.39 is 0 Å². The van der Waals surface area contributed by atoms with Crippen molar-refractivity contribution in [3.8, 4) is 0 Å². The molecule has 0 saturated heterocycles. The number of benzene rings is 1. The molecule has 0 radical (unpaired) electrons. The Balaban J connectivity index is 2.85. The first-order valence-electron chi connectivity index (χ1n) is 4.57. The van der Waals surface area contributed by atoms with Gasteiger partial charge in [-0.05, 0) is 24.4 Å². The first-order valence-corrected chi connectivity index (χ1v) is 4.97. The molecule has 0 bridgehead atoms. The Morgan fingerprint density at radius 3 is 2.87 bits per heavy atom. The van der Waals surface area contributed by atoms with Crippen molar-refractivity contribution in [3.63, 3.8) is 0 Å². The third-order valence-electron chi connectivity index (χ3n) is 2.21. The molecule has 0 spiro atoms. The smallest absolute Gasteiger partial charge is 0.262 e. The third kappa shape index (κ3) is 1.71. The third-order valence-corrected chi connectivity index (χ3v) is 2.54. The zero-order valence-corrected chi connectivity index (χ0v) is 8.75. The molecule has 0 aliphatic heterocycles. The van der Waals surface area contributed by atoms with E-state index in [1.807, 2.05) is 6.07 Å². The quantitative estimate of drug-likeness (QED) is 0.747. The molecule has 1 aromatic carbocycles. The van der Waals surface area contributed by atoms with Crippen LogP contribution < -0.4 is 5.56 Å². The molecule has 0 aliphatic carbocycles. The highest BCUT2D eigenvalue weighted by Gasteiger charge is 2.03.